The first-order chi connectivity index (χ1) is 5.24. The average Bonchev–Trinajstić information content (AvgIpc) is 1.95. The van der Waals surface area contributed by atoms with Crippen LogP contribution in [0.1, 0.15) is 5.56 Å². The summed E-state index contributed by atoms with van der Waals surface area (Å²) in [5, 5.41) is 12.7. The molecule has 3 N–H and O–H groups in total. The molecule has 1 rings (SSSR count). The van der Waals surface area contributed by atoms with Gasteiger partial charge in [0, 0.05) is 5.56 Å². The first-order valence-corrected chi connectivity index (χ1v) is 3.33. The van der Waals surface area contributed by atoms with Crippen LogP contribution in [0.25, 0.3) is 0 Å². The Labute approximate surface area is 69.1 Å². The molecule has 0 radical (unpaired) electrons. The van der Waals surface area contributed by atoms with Gasteiger partial charge < -0.3 is 10.9 Å². The molecule has 1 aromatic carbocycles. The van der Waals surface area contributed by atoms with Crippen molar-refractivity contribution in [2.45, 2.75) is 0 Å². The van der Waals surface area contributed by atoms with Crippen LogP contribution in [-0.2, 0) is 0 Å². The molecule has 0 saturated carbocycles. The van der Waals surface area contributed by atoms with Gasteiger partial charge in [-0.25, -0.2) is 0 Å². The lowest BCUT2D eigenvalue weighted by Crippen LogP contribution is -1.86. The number of benzene rings is 1. The Bertz CT molecular complexity index is 286. The van der Waals surface area contributed by atoms with Gasteiger partial charge in [0.2, 0.25) is 0 Å². The molecule has 4 heteroatoms. The second kappa shape index (κ2) is 3.25. The lowest BCUT2D eigenvalue weighted by molar-refractivity contribution is 0.475. The highest BCUT2D eigenvalue weighted by atomic mass is 35.5. The number of halogens is 1. The normalized spacial score (nSPS) is 10.6. The van der Waals surface area contributed by atoms with Gasteiger partial charge in [0.1, 0.15) is 5.75 Å². The molecular formula is C7H7ClN2O. The van der Waals surface area contributed by atoms with Crippen molar-refractivity contribution >= 4 is 17.8 Å². The van der Waals surface area contributed by atoms with Crippen LogP contribution in [0.5, 0.6) is 5.75 Å². The number of nitrogens with two attached hydrogens (primary N) is 1. The first-order valence-electron chi connectivity index (χ1n) is 2.96. The summed E-state index contributed by atoms with van der Waals surface area (Å²) in [6, 6.07) is 4.58. The lowest BCUT2D eigenvalue weighted by atomic mass is 10.2. The Morgan fingerprint density at radius 1 is 1.55 bits per heavy atom. The van der Waals surface area contributed by atoms with Gasteiger partial charge in [0.25, 0.3) is 0 Å². The Hall–Kier alpha value is -1.22. The van der Waals surface area contributed by atoms with Crippen molar-refractivity contribution in [3.05, 3.63) is 28.8 Å². The molecule has 0 aliphatic carbocycles. The number of nitrogens with zero attached hydrogens (tertiary/aromatic N) is 1. The summed E-state index contributed by atoms with van der Waals surface area (Å²) in [4.78, 5) is 0. The standard InChI is InChI=1S/C7H7ClN2O/c8-7-3-6(11)2-1-5(7)4-10-9/h1-4,11H,9H2. The quantitative estimate of drug-likeness (QED) is 0.380. The minimum Gasteiger partial charge on any atom is -0.508 e. The van der Waals surface area contributed by atoms with Crippen molar-refractivity contribution in [2.75, 3.05) is 0 Å². The van der Waals surface area contributed by atoms with Crippen LogP contribution in [0.15, 0.2) is 23.3 Å². The van der Waals surface area contributed by atoms with Crippen LogP contribution < -0.4 is 5.84 Å². The van der Waals surface area contributed by atoms with E-state index in [4.69, 9.17) is 22.6 Å². The molecule has 0 aliphatic heterocycles. The van der Waals surface area contributed by atoms with Gasteiger partial charge in [-0.15, -0.1) is 0 Å². The van der Waals surface area contributed by atoms with Crippen LogP contribution in [0.3, 0.4) is 0 Å². The highest BCUT2D eigenvalue weighted by Gasteiger charge is 1.96. The molecule has 1 aromatic rings. The fraction of sp³-hybridized carbons (Fsp3) is 0. The minimum absolute atomic E-state index is 0.129. The molecule has 11 heavy (non-hydrogen) atoms. The molecule has 0 aliphatic rings. The van der Waals surface area contributed by atoms with Crippen molar-refractivity contribution < 1.29 is 5.11 Å². The topological polar surface area (TPSA) is 58.6 Å². The van der Waals surface area contributed by atoms with E-state index in [1.807, 2.05) is 0 Å². The van der Waals surface area contributed by atoms with E-state index in [2.05, 4.69) is 5.10 Å². The Kier molecular flexibility index (Phi) is 2.33. The fourth-order valence-electron chi connectivity index (χ4n) is 0.701. The zero-order valence-electron chi connectivity index (χ0n) is 5.66. The summed E-state index contributed by atoms with van der Waals surface area (Å²) in [6.45, 7) is 0. The third-order valence-electron chi connectivity index (χ3n) is 1.20. The van der Waals surface area contributed by atoms with Crippen LogP contribution in [0.4, 0.5) is 0 Å². The minimum atomic E-state index is 0.129. The molecule has 0 spiro atoms. The summed E-state index contributed by atoms with van der Waals surface area (Å²) in [7, 11) is 0. The summed E-state index contributed by atoms with van der Waals surface area (Å²) in [6.07, 6.45) is 1.42. The molecule has 3 nitrogen and oxygen atoms in total. The second-order valence-corrected chi connectivity index (χ2v) is 2.39. The number of aromatic hydroxyl groups is 1. The Morgan fingerprint density at radius 3 is 2.82 bits per heavy atom. The smallest absolute Gasteiger partial charge is 0.117 e. The number of rotatable bonds is 1. The maximum atomic E-state index is 8.95. The second-order valence-electron chi connectivity index (χ2n) is 1.98. The van der Waals surface area contributed by atoms with E-state index in [0.717, 1.165) is 0 Å². The van der Waals surface area contributed by atoms with Gasteiger partial charge >= 0.3 is 0 Å². The van der Waals surface area contributed by atoms with E-state index in [0.29, 0.717) is 10.6 Å². The molecule has 0 fully saturated rings. The summed E-state index contributed by atoms with van der Waals surface area (Å²) < 4.78 is 0. The van der Waals surface area contributed by atoms with Crippen molar-refractivity contribution in [3.63, 3.8) is 0 Å². The number of hydrazone groups is 1. The third kappa shape index (κ3) is 1.85. The van der Waals surface area contributed by atoms with Gasteiger partial charge in [-0.2, -0.15) is 5.10 Å². The van der Waals surface area contributed by atoms with Crippen LogP contribution in [0.2, 0.25) is 5.02 Å². The molecule has 0 saturated heterocycles. The molecule has 0 aromatic heterocycles. The van der Waals surface area contributed by atoms with Gasteiger partial charge in [-0.1, -0.05) is 11.6 Å². The van der Waals surface area contributed by atoms with Crippen molar-refractivity contribution in [1.82, 2.24) is 0 Å². The third-order valence-corrected chi connectivity index (χ3v) is 1.52. The molecule has 0 unspecified atom stereocenters. The summed E-state index contributed by atoms with van der Waals surface area (Å²) in [5.41, 5.74) is 0.687. The van der Waals surface area contributed by atoms with E-state index in [1.165, 1.54) is 18.3 Å². The van der Waals surface area contributed by atoms with E-state index in [-0.39, 0.29) is 5.75 Å². The van der Waals surface area contributed by atoms with E-state index >= 15 is 0 Å². The zero-order chi connectivity index (χ0) is 8.27. The molecular weight excluding hydrogens is 164 g/mol. The van der Waals surface area contributed by atoms with Crippen LogP contribution in [0, 0.1) is 0 Å². The number of hydrogen-bond donors (Lipinski definition) is 2. The fourth-order valence-corrected chi connectivity index (χ4v) is 0.925. The Balaban J connectivity index is 3.09. The van der Waals surface area contributed by atoms with Crippen molar-refractivity contribution in [3.8, 4) is 5.75 Å². The maximum absolute atomic E-state index is 8.95. The number of hydrogen-bond acceptors (Lipinski definition) is 3. The van der Waals surface area contributed by atoms with Gasteiger partial charge in [-0.05, 0) is 18.2 Å². The lowest BCUT2D eigenvalue weighted by Gasteiger charge is -1.96. The van der Waals surface area contributed by atoms with Gasteiger partial charge in [0.15, 0.2) is 0 Å². The monoisotopic (exact) mass is 170 g/mol. The molecule has 0 atom stereocenters. The van der Waals surface area contributed by atoms with Gasteiger partial charge in [0.05, 0.1) is 11.2 Å². The van der Waals surface area contributed by atoms with E-state index < -0.39 is 0 Å². The number of phenolic OH excluding ortho intramolecular Hbond substituents is 1. The predicted molar refractivity (Wildman–Crippen MR) is 44.9 cm³/mol. The summed E-state index contributed by atoms with van der Waals surface area (Å²) in [5.74, 6) is 5.04. The maximum Gasteiger partial charge on any atom is 0.117 e. The highest BCUT2D eigenvalue weighted by molar-refractivity contribution is 6.33. The summed E-state index contributed by atoms with van der Waals surface area (Å²) >= 11 is 5.70. The van der Waals surface area contributed by atoms with Crippen molar-refractivity contribution in [2.24, 2.45) is 10.9 Å². The molecule has 0 heterocycles. The molecule has 0 amide bonds. The highest BCUT2D eigenvalue weighted by Crippen LogP contribution is 2.19. The SMILES string of the molecule is NN=Cc1ccc(O)cc1Cl. The van der Waals surface area contributed by atoms with Crippen LogP contribution >= 0.6 is 11.6 Å². The van der Waals surface area contributed by atoms with E-state index in [1.54, 1.807) is 6.07 Å². The largest absolute Gasteiger partial charge is 0.508 e. The van der Waals surface area contributed by atoms with Gasteiger partial charge in [-0.3, -0.25) is 0 Å². The van der Waals surface area contributed by atoms with Crippen LogP contribution in [-0.4, -0.2) is 11.3 Å². The predicted octanol–water partition coefficient (Wildman–Crippen LogP) is 1.34. The number of phenols is 1. The zero-order valence-corrected chi connectivity index (χ0v) is 6.42. The molecule has 0 bridgehead atoms. The Morgan fingerprint density at radius 2 is 2.27 bits per heavy atom. The first kappa shape index (κ1) is 7.88. The van der Waals surface area contributed by atoms with E-state index in [9.17, 15) is 0 Å². The average molecular weight is 171 g/mol. The molecule has 58 valence electrons. The van der Waals surface area contributed by atoms with Crippen molar-refractivity contribution in [1.29, 1.82) is 0 Å².